The molecule has 23 heavy (non-hydrogen) atoms. The SMILES string of the molecule is C=C(C1CC1)N1Cc2n[nH]c(=C)c3cc(F)cc4[nH]c(c2c43)C1. The van der Waals surface area contributed by atoms with Gasteiger partial charge < -0.3 is 9.88 Å². The monoisotopic (exact) mass is 308 g/mol. The number of halogens is 1. The van der Waals surface area contributed by atoms with Crippen LogP contribution >= 0.6 is 0 Å². The van der Waals surface area contributed by atoms with Crippen LogP contribution in [0.3, 0.4) is 0 Å². The molecule has 1 aliphatic heterocycles. The Kier molecular flexibility index (Phi) is 2.39. The first kappa shape index (κ1) is 12.9. The van der Waals surface area contributed by atoms with Gasteiger partial charge in [0.1, 0.15) is 5.82 Å². The highest BCUT2D eigenvalue weighted by Crippen LogP contribution is 2.41. The molecule has 0 radical (unpaired) electrons. The normalized spacial score (nSPS) is 17.2. The van der Waals surface area contributed by atoms with Crippen LogP contribution < -0.4 is 5.35 Å². The van der Waals surface area contributed by atoms with E-state index in [1.54, 1.807) is 6.07 Å². The van der Waals surface area contributed by atoms with Crippen molar-refractivity contribution >= 4 is 28.3 Å². The highest BCUT2D eigenvalue weighted by atomic mass is 19.1. The van der Waals surface area contributed by atoms with E-state index in [1.165, 1.54) is 24.6 Å². The van der Waals surface area contributed by atoms with Gasteiger partial charge in [-0.3, -0.25) is 5.10 Å². The van der Waals surface area contributed by atoms with Crippen LogP contribution in [-0.2, 0) is 13.1 Å². The Morgan fingerprint density at radius 3 is 2.87 bits per heavy atom. The molecular formula is C18H17FN4. The minimum absolute atomic E-state index is 0.267. The van der Waals surface area contributed by atoms with Gasteiger partial charge in [0, 0.05) is 33.1 Å². The molecule has 0 spiro atoms. The van der Waals surface area contributed by atoms with Gasteiger partial charge in [-0.1, -0.05) is 13.2 Å². The van der Waals surface area contributed by atoms with E-state index in [-0.39, 0.29) is 5.82 Å². The quantitative estimate of drug-likeness (QED) is 0.764. The molecule has 0 atom stereocenters. The van der Waals surface area contributed by atoms with Gasteiger partial charge in [0.2, 0.25) is 0 Å². The van der Waals surface area contributed by atoms with Crippen molar-refractivity contribution < 1.29 is 4.39 Å². The van der Waals surface area contributed by atoms with Gasteiger partial charge in [-0.15, -0.1) is 0 Å². The fourth-order valence-corrected chi connectivity index (χ4v) is 3.70. The summed E-state index contributed by atoms with van der Waals surface area (Å²) in [6.45, 7) is 9.76. The molecule has 0 unspecified atom stereocenters. The van der Waals surface area contributed by atoms with Crippen LogP contribution in [0.1, 0.15) is 24.2 Å². The molecule has 0 saturated heterocycles. The van der Waals surface area contributed by atoms with Gasteiger partial charge in [0.25, 0.3) is 0 Å². The van der Waals surface area contributed by atoms with Gasteiger partial charge in [-0.05, 0) is 30.9 Å². The van der Waals surface area contributed by atoms with E-state index in [9.17, 15) is 4.39 Å². The van der Waals surface area contributed by atoms with Crippen LogP contribution in [-0.4, -0.2) is 20.1 Å². The van der Waals surface area contributed by atoms with Crippen molar-refractivity contribution in [1.29, 1.82) is 0 Å². The van der Waals surface area contributed by atoms with Crippen LogP contribution in [0.15, 0.2) is 24.4 Å². The molecule has 4 nitrogen and oxygen atoms in total. The number of H-pyrrole nitrogens is 2. The minimum atomic E-state index is -0.267. The number of allylic oxidation sites excluding steroid dienone is 1. The number of hydrogen-bond donors (Lipinski definition) is 2. The Labute approximate surface area is 132 Å². The number of nitrogens with zero attached hydrogens (tertiary/aromatic N) is 2. The number of rotatable bonds is 2. The van der Waals surface area contributed by atoms with E-state index >= 15 is 0 Å². The van der Waals surface area contributed by atoms with E-state index in [0.717, 1.165) is 46.2 Å². The molecule has 1 aromatic carbocycles. The van der Waals surface area contributed by atoms with Crippen molar-refractivity contribution in [2.75, 3.05) is 0 Å². The number of nitrogens with one attached hydrogen (secondary N) is 2. The van der Waals surface area contributed by atoms with Crippen molar-refractivity contribution in [3.05, 3.63) is 47.0 Å². The third-order valence-electron chi connectivity index (χ3n) is 5.02. The summed E-state index contributed by atoms with van der Waals surface area (Å²) in [6, 6.07) is 3.08. The maximum Gasteiger partial charge on any atom is 0.125 e. The average Bonchev–Trinajstić information content (AvgIpc) is 3.31. The summed E-state index contributed by atoms with van der Waals surface area (Å²) in [5.74, 6) is 0.347. The van der Waals surface area contributed by atoms with Crippen molar-refractivity contribution in [3.63, 3.8) is 0 Å². The van der Waals surface area contributed by atoms with Crippen molar-refractivity contribution in [2.45, 2.75) is 25.9 Å². The van der Waals surface area contributed by atoms with Gasteiger partial charge in [-0.2, -0.15) is 5.10 Å². The van der Waals surface area contributed by atoms with Crippen molar-refractivity contribution in [2.24, 2.45) is 5.92 Å². The summed E-state index contributed by atoms with van der Waals surface area (Å²) in [6.07, 6.45) is 2.46. The largest absolute Gasteiger partial charge is 0.363 e. The summed E-state index contributed by atoms with van der Waals surface area (Å²) in [7, 11) is 0. The Balaban J connectivity index is 1.81. The molecule has 1 saturated carbocycles. The highest BCUT2D eigenvalue weighted by molar-refractivity contribution is 6.11. The standard InChI is InChI=1S/C18H17FN4/c1-9-13-5-12(19)6-14-17(13)18-15(20-14)7-23(8-16(18)22-21-9)10(2)11-3-4-11/h5-6,11,20-21H,1-4,7-8H2. The Morgan fingerprint density at radius 1 is 1.26 bits per heavy atom. The summed E-state index contributed by atoms with van der Waals surface area (Å²) >= 11 is 0. The first-order valence-electron chi connectivity index (χ1n) is 7.92. The van der Waals surface area contributed by atoms with Crippen LogP contribution in [0.4, 0.5) is 4.39 Å². The molecule has 2 aromatic heterocycles. The zero-order valence-electron chi connectivity index (χ0n) is 12.7. The lowest BCUT2D eigenvalue weighted by Gasteiger charge is -2.29. The van der Waals surface area contributed by atoms with Crippen molar-refractivity contribution in [3.8, 4) is 0 Å². The second kappa shape index (κ2) is 4.25. The molecule has 5 heteroatoms. The average molecular weight is 308 g/mol. The topological polar surface area (TPSA) is 47.7 Å². The molecule has 0 bridgehead atoms. The summed E-state index contributed by atoms with van der Waals surface area (Å²) in [5, 5.41) is 11.1. The molecule has 3 aromatic rings. The first-order valence-corrected chi connectivity index (χ1v) is 7.92. The smallest absolute Gasteiger partial charge is 0.125 e. The predicted molar refractivity (Wildman–Crippen MR) is 88.6 cm³/mol. The Bertz CT molecular complexity index is 1040. The van der Waals surface area contributed by atoms with E-state index in [0.29, 0.717) is 11.3 Å². The molecule has 2 N–H and O–H groups in total. The molecule has 5 rings (SSSR count). The number of aromatic amines is 2. The van der Waals surface area contributed by atoms with Crippen molar-refractivity contribution in [1.82, 2.24) is 20.1 Å². The lowest BCUT2D eigenvalue weighted by molar-refractivity contribution is 0.300. The zero-order valence-corrected chi connectivity index (χ0v) is 12.7. The predicted octanol–water partition coefficient (Wildman–Crippen LogP) is 3.11. The fraction of sp³-hybridized carbons (Fsp3) is 0.278. The lowest BCUT2D eigenvalue weighted by Crippen LogP contribution is -2.26. The maximum absolute atomic E-state index is 13.9. The Hall–Kier alpha value is -2.56. The number of aromatic nitrogens is 3. The third kappa shape index (κ3) is 1.79. The fourth-order valence-electron chi connectivity index (χ4n) is 3.70. The Morgan fingerprint density at radius 2 is 2.09 bits per heavy atom. The third-order valence-corrected chi connectivity index (χ3v) is 5.02. The summed E-state index contributed by atoms with van der Waals surface area (Å²) in [4.78, 5) is 5.67. The maximum atomic E-state index is 13.9. The van der Waals surface area contributed by atoms with Crippen LogP contribution in [0, 0.1) is 11.7 Å². The molecule has 0 amide bonds. The van der Waals surface area contributed by atoms with E-state index in [1.807, 2.05) is 0 Å². The second-order valence-electron chi connectivity index (χ2n) is 6.62. The van der Waals surface area contributed by atoms with Crippen LogP contribution in [0.5, 0.6) is 0 Å². The van der Waals surface area contributed by atoms with Crippen LogP contribution in [0.25, 0.3) is 28.3 Å². The van der Waals surface area contributed by atoms with Crippen LogP contribution in [0.2, 0.25) is 0 Å². The summed E-state index contributed by atoms with van der Waals surface area (Å²) in [5.41, 5.74) is 4.04. The van der Waals surface area contributed by atoms with E-state index in [2.05, 4.69) is 33.2 Å². The number of hydrogen-bond acceptors (Lipinski definition) is 2. The number of benzene rings is 1. The molecule has 2 aliphatic rings. The second-order valence-corrected chi connectivity index (χ2v) is 6.62. The molecule has 116 valence electrons. The minimum Gasteiger partial charge on any atom is -0.363 e. The van der Waals surface area contributed by atoms with Gasteiger partial charge >= 0.3 is 0 Å². The molecule has 1 fully saturated rings. The van der Waals surface area contributed by atoms with E-state index < -0.39 is 0 Å². The lowest BCUT2D eigenvalue weighted by atomic mass is 10.0. The summed E-state index contributed by atoms with van der Waals surface area (Å²) < 4.78 is 13.9. The van der Waals surface area contributed by atoms with Gasteiger partial charge in [-0.25, -0.2) is 4.39 Å². The van der Waals surface area contributed by atoms with E-state index in [4.69, 9.17) is 0 Å². The van der Waals surface area contributed by atoms with Gasteiger partial charge in [0.05, 0.1) is 24.1 Å². The van der Waals surface area contributed by atoms with Gasteiger partial charge in [0.15, 0.2) is 0 Å². The molecular weight excluding hydrogens is 291 g/mol. The molecule has 3 heterocycles. The zero-order chi connectivity index (χ0) is 15.7. The first-order chi connectivity index (χ1) is 11.1. The highest BCUT2D eigenvalue weighted by Gasteiger charge is 2.31. The molecule has 1 aliphatic carbocycles.